The minimum Gasteiger partial charge on any atom is -0.385 e. The lowest BCUT2D eigenvalue weighted by atomic mass is 10.1. The molecule has 0 atom stereocenters. The third kappa shape index (κ3) is 3.01. The van der Waals surface area contributed by atoms with Crippen LogP contribution in [0.5, 0.6) is 0 Å². The van der Waals surface area contributed by atoms with Gasteiger partial charge in [-0.3, -0.25) is 0 Å². The molecule has 1 aliphatic heterocycles. The normalized spacial score (nSPS) is 14.6. The monoisotopic (exact) mass is 371 g/mol. The van der Waals surface area contributed by atoms with Gasteiger partial charge in [-0.25, -0.2) is 18.0 Å². The summed E-state index contributed by atoms with van der Waals surface area (Å²) in [6, 6.07) is 12.7. The van der Waals surface area contributed by atoms with E-state index in [2.05, 4.69) is 4.74 Å². The van der Waals surface area contributed by atoms with Gasteiger partial charge in [0.25, 0.3) is 0 Å². The molecule has 2 aromatic rings. The number of sulfone groups is 1. The van der Waals surface area contributed by atoms with Crippen molar-refractivity contribution in [3.05, 3.63) is 64.6 Å². The standard InChI is InChI=1S/C19H17NO5S/c1-12-4-10-15(11-5-12)26(23,24)17-16(18(21)25-19(17)22)13-6-8-14(9-7-13)20(2)3/h4-11H,1-3H3. The number of hydrogen-bond donors (Lipinski definition) is 0. The van der Waals surface area contributed by atoms with Crippen LogP contribution in [0.2, 0.25) is 0 Å². The maximum Gasteiger partial charge on any atom is 0.358 e. The number of ether oxygens (including phenoxy) is 1. The Morgan fingerprint density at radius 3 is 1.96 bits per heavy atom. The summed E-state index contributed by atoms with van der Waals surface area (Å²) in [5.74, 6) is -2.11. The second kappa shape index (κ2) is 6.42. The topological polar surface area (TPSA) is 80.8 Å². The van der Waals surface area contributed by atoms with Crippen molar-refractivity contribution in [2.24, 2.45) is 0 Å². The molecule has 7 heteroatoms. The second-order valence-corrected chi connectivity index (χ2v) is 8.03. The molecule has 0 fully saturated rings. The molecule has 1 aliphatic rings. The number of esters is 2. The molecule has 2 aromatic carbocycles. The van der Waals surface area contributed by atoms with Crippen LogP contribution < -0.4 is 4.90 Å². The molecule has 134 valence electrons. The molecule has 0 aliphatic carbocycles. The third-order valence-corrected chi connectivity index (χ3v) is 5.88. The SMILES string of the molecule is Cc1ccc(S(=O)(=O)C2=C(c3ccc(N(C)C)cc3)C(=O)OC2=O)cc1. The van der Waals surface area contributed by atoms with E-state index >= 15 is 0 Å². The maximum atomic E-state index is 12.9. The number of cyclic esters (lactones) is 2. The summed E-state index contributed by atoms with van der Waals surface area (Å²) in [7, 11) is -0.475. The fourth-order valence-electron chi connectivity index (χ4n) is 2.63. The molecule has 0 spiro atoms. The zero-order valence-electron chi connectivity index (χ0n) is 14.5. The van der Waals surface area contributed by atoms with Gasteiger partial charge in [-0.05, 0) is 36.8 Å². The molecule has 0 unspecified atom stereocenters. The molecule has 0 N–H and O–H groups in total. The molecule has 0 saturated carbocycles. The van der Waals surface area contributed by atoms with Crippen molar-refractivity contribution < 1.29 is 22.7 Å². The molecule has 0 aromatic heterocycles. The number of nitrogens with zero attached hydrogens (tertiary/aromatic N) is 1. The average molecular weight is 371 g/mol. The Morgan fingerprint density at radius 1 is 0.846 bits per heavy atom. The first-order valence-corrected chi connectivity index (χ1v) is 9.30. The maximum absolute atomic E-state index is 12.9. The van der Waals surface area contributed by atoms with E-state index in [0.29, 0.717) is 5.56 Å². The number of carbonyl (C=O) groups is 2. The number of hydrogen-bond acceptors (Lipinski definition) is 6. The van der Waals surface area contributed by atoms with E-state index in [9.17, 15) is 18.0 Å². The molecular weight excluding hydrogens is 354 g/mol. The number of aryl methyl sites for hydroxylation is 1. The van der Waals surface area contributed by atoms with Crippen molar-refractivity contribution in [3.8, 4) is 0 Å². The summed E-state index contributed by atoms with van der Waals surface area (Å²) >= 11 is 0. The average Bonchev–Trinajstić information content (AvgIpc) is 2.90. The number of benzene rings is 2. The smallest absolute Gasteiger partial charge is 0.358 e. The largest absolute Gasteiger partial charge is 0.385 e. The highest BCUT2D eigenvalue weighted by Crippen LogP contribution is 2.34. The van der Waals surface area contributed by atoms with Gasteiger partial charge in [-0.1, -0.05) is 29.8 Å². The van der Waals surface area contributed by atoms with Gasteiger partial charge in [0, 0.05) is 19.8 Å². The summed E-state index contributed by atoms with van der Waals surface area (Å²) in [6.45, 7) is 1.82. The van der Waals surface area contributed by atoms with Crippen molar-refractivity contribution in [3.63, 3.8) is 0 Å². The minimum absolute atomic E-state index is 0.0628. The van der Waals surface area contributed by atoms with Crippen LogP contribution in [0.4, 0.5) is 5.69 Å². The van der Waals surface area contributed by atoms with E-state index in [1.807, 2.05) is 25.9 Å². The summed E-state index contributed by atoms with van der Waals surface area (Å²) in [5, 5.41) is 0. The first-order valence-electron chi connectivity index (χ1n) is 7.82. The predicted octanol–water partition coefficient (Wildman–Crippen LogP) is 2.33. The van der Waals surface area contributed by atoms with E-state index in [1.54, 1.807) is 36.4 Å². The molecule has 0 saturated heterocycles. The molecule has 0 amide bonds. The molecule has 26 heavy (non-hydrogen) atoms. The summed E-state index contributed by atoms with van der Waals surface area (Å²) in [4.78, 5) is 25.5. The minimum atomic E-state index is -4.19. The van der Waals surface area contributed by atoms with Crippen LogP contribution in [0, 0.1) is 6.92 Å². The van der Waals surface area contributed by atoms with Gasteiger partial charge in [0.2, 0.25) is 9.84 Å². The second-order valence-electron chi connectivity index (χ2n) is 6.14. The lowest BCUT2D eigenvalue weighted by Gasteiger charge is -2.12. The van der Waals surface area contributed by atoms with Gasteiger partial charge < -0.3 is 9.64 Å². The molecule has 3 rings (SSSR count). The predicted molar refractivity (Wildman–Crippen MR) is 97.2 cm³/mol. The van der Waals surface area contributed by atoms with Crippen molar-refractivity contribution in [1.29, 1.82) is 0 Å². The van der Waals surface area contributed by atoms with Crippen molar-refractivity contribution in [1.82, 2.24) is 0 Å². The van der Waals surface area contributed by atoms with Crippen LogP contribution in [-0.2, 0) is 24.2 Å². The van der Waals surface area contributed by atoms with Crippen molar-refractivity contribution in [2.45, 2.75) is 11.8 Å². The van der Waals surface area contributed by atoms with Gasteiger partial charge in [-0.2, -0.15) is 0 Å². The van der Waals surface area contributed by atoms with Crippen LogP contribution in [0.3, 0.4) is 0 Å². The number of rotatable bonds is 4. The first-order chi connectivity index (χ1) is 12.2. The summed E-state index contributed by atoms with van der Waals surface area (Å²) in [5.41, 5.74) is 1.83. The lowest BCUT2D eigenvalue weighted by Crippen LogP contribution is -2.12. The zero-order valence-corrected chi connectivity index (χ0v) is 15.3. The Balaban J connectivity index is 2.18. The van der Waals surface area contributed by atoms with E-state index in [1.165, 1.54) is 12.1 Å². The van der Waals surface area contributed by atoms with Crippen LogP contribution in [0.15, 0.2) is 58.3 Å². The lowest BCUT2D eigenvalue weighted by molar-refractivity contribution is -0.149. The van der Waals surface area contributed by atoms with E-state index in [0.717, 1.165) is 11.3 Å². The Bertz CT molecular complexity index is 1020. The van der Waals surface area contributed by atoms with E-state index < -0.39 is 26.7 Å². The van der Waals surface area contributed by atoms with Crippen LogP contribution in [0.1, 0.15) is 11.1 Å². The van der Waals surface area contributed by atoms with Gasteiger partial charge in [-0.15, -0.1) is 0 Å². The fraction of sp³-hybridized carbons (Fsp3) is 0.158. The quantitative estimate of drug-likeness (QED) is 0.606. The van der Waals surface area contributed by atoms with Crippen LogP contribution in [0.25, 0.3) is 5.57 Å². The van der Waals surface area contributed by atoms with Crippen molar-refractivity contribution in [2.75, 3.05) is 19.0 Å². The highest BCUT2D eigenvalue weighted by molar-refractivity contribution is 7.96. The fourth-order valence-corrected chi connectivity index (χ4v) is 4.09. The highest BCUT2D eigenvalue weighted by atomic mass is 32.2. The molecular formula is C19H17NO5S. The first kappa shape index (κ1) is 17.9. The number of anilines is 1. The Kier molecular flexibility index (Phi) is 4.41. The molecule has 0 bridgehead atoms. The van der Waals surface area contributed by atoms with Crippen LogP contribution >= 0.6 is 0 Å². The van der Waals surface area contributed by atoms with E-state index in [4.69, 9.17) is 0 Å². The molecule has 1 heterocycles. The van der Waals surface area contributed by atoms with Gasteiger partial charge in [0.15, 0.2) is 4.91 Å². The van der Waals surface area contributed by atoms with Gasteiger partial charge >= 0.3 is 11.9 Å². The molecule has 6 nitrogen and oxygen atoms in total. The number of carbonyl (C=O) groups excluding carboxylic acids is 2. The Morgan fingerprint density at radius 2 is 1.42 bits per heavy atom. The Labute approximate surface area is 151 Å². The summed E-state index contributed by atoms with van der Waals surface area (Å²) < 4.78 is 30.5. The summed E-state index contributed by atoms with van der Waals surface area (Å²) in [6.07, 6.45) is 0. The van der Waals surface area contributed by atoms with E-state index in [-0.39, 0.29) is 10.5 Å². The molecule has 0 radical (unpaired) electrons. The van der Waals surface area contributed by atoms with Crippen molar-refractivity contribution >= 4 is 33.0 Å². The van der Waals surface area contributed by atoms with Crippen LogP contribution in [-0.4, -0.2) is 34.5 Å². The highest BCUT2D eigenvalue weighted by Gasteiger charge is 2.42. The zero-order chi connectivity index (χ0) is 19.1. The third-order valence-electron chi connectivity index (χ3n) is 4.07. The van der Waals surface area contributed by atoms with Gasteiger partial charge in [0.1, 0.15) is 0 Å². The Hall–Kier alpha value is -2.93. The van der Waals surface area contributed by atoms with Gasteiger partial charge in [0.05, 0.1) is 10.5 Å².